The second-order valence-corrected chi connectivity index (χ2v) is 9.23. The first kappa shape index (κ1) is 21.0. The van der Waals surface area contributed by atoms with Gasteiger partial charge in [-0.25, -0.2) is 13.2 Å². The molecule has 0 bridgehead atoms. The zero-order valence-electron chi connectivity index (χ0n) is 16.0. The van der Waals surface area contributed by atoms with Gasteiger partial charge in [0.1, 0.15) is 11.3 Å². The summed E-state index contributed by atoms with van der Waals surface area (Å²) < 4.78 is 30.4. The molecule has 0 aliphatic rings. The van der Waals surface area contributed by atoms with E-state index in [0.717, 1.165) is 16.0 Å². The van der Waals surface area contributed by atoms with E-state index in [1.165, 1.54) is 25.3 Å². The lowest BCUT2D eigenvalue weighted by Gasteiger charge is -2.09. The maximum atomic E-state index is 12.9. The summed E-state index contributed by atoms with van der Waals surface area (Å²) in [6.07, 6.45) is 2.00. The summed E-state index contributed by atoms with van der Waals surface area (Å²) in [5.41, 5.74) is 2.11. The van der Waals surface area contributed by atoms with Crippen molar-refractivity contribution in [1.29, 1.82) is 0 Å². The predicted molar refractivity (Wildman–Crippen MR) is 114 cm³/mol. The van der Waals surface area contributed by atoms with Crippen LogP contribution in [0.5, 0.6) is 5.75 Å². The van der Waals surface area contributed by atoms with Crippen LogP contribution in [0.4, 0.5) is 0 Å². The maximum absolute atomic E-state index is 12.9. The number of carbonyl (C=O) groups excluding carboxylic acids is 1. The molecular weight excluding hydrogens is 408 g/mol. The normalized spacial score (nSPS) is 11.2. The summed E-state index contributed by atoms with van der Waals surface area (Å²) in [5, 5.41) is 10.00. The van der Waals surface area contributed by atoms with E-state index < -0.39 is 15.8 Å². The highest BCUT2D eigenvalue weighted by Gasteiger charge is 2.18. The lowest BCUT2D eigenvalue weighted by Crippen LogP contribution is -2.06. The minimum Gasteiger partial charge on any atom is -0.507 e. The number of thioether (sulfide) groups is 1. The van der Waals surface area contributed by atoms with Crippen molar-refractivity contribution in [2.45, 2.75) is 15.5 Å². The predicted octanol–water partition coefficient (Wildman–Crippen LogP) is 4.54. The molecular formula is C22H20O5S2. The molecule has 0 atom stereocenters. The molecule has 3 aromatic carbocycles. The average molecular weight is 429 g/mol. The molecule has 0 saturated heterocycles. The van der Waals surface area contributed by atoms with E-state index >= 15 is 0 Å². The topological polar surface area (TPSA) is 80.7 Å². The van der Waals surface area contributed by atoms with Gasteiger partial charge in [0, 0.05) is 4.90 Å². The first-order valence-corrected chi connectivity index (χ1v) is 11.6. The first-order valence-electron chi connectivity index (χ1n) is 8.71. The lowest BCUT2D eigenvalue weighted by molar-refractivity contribution is 0.0597. The third kappa shape index (κ3) is 4.81. The molecule has 7 heteroatoms. The van der Waals surface area contributed by atoms with Crippen molar-refractivity contribution < 1.29 is 23.1 Å². The van der Waals surface area contributed by atoms with Crippen molar-refractivity contribution >= 4 is 27.6 Å². The van der Waals surface area contributed by atoms with Gasteiger partial charge in [0.2, 0.25) is 0 Å². The molecule has 3 rings (SSSR count). The van der Waals surface area contributed by atoms with E-state index in [-0.39, 0.29) is 22.0 Å². The molecule has 150 valence electrons. The molecule has 29 heavy (non-hydrogen) atoms. The highest BCUT2D eigenvalue weighted by Crippen LogP contribution is 2.27. The Hall–Kier alpha value is -2.77. The van der Waals surface area contributed by atoms with Crippen LogP contribution in [0.3, 0.4) is 0 Å². The van der Waals surface area contributed by atoms with Gasteiger partial charge in [0.25, 0.3) is 0 Å². The van der Waals surface area contributed by atoms with Crippen LogP contribution >= 0.6 is 11.8 Å². The number of hydrogen-bond acceptors (Lipinski definition) is 6. The van der Waals surface area contributed by atoms with Crippen LogP contribution in [0, 0.1) is 0 Å². The number of hydrogen-bond donors (Lipinski definition) is 1. The van der Waals surface area contributed by atoms with Crippen LogP contribution in [0.2, 0.25) is 0 Å². The van der Waals surface area contributed by atoms with Gasteiger partial charge in [0.05, 0.1) is 17.8 Å². The summed E-state index contributed by atoms with van der Waals surface area (Å²) in [6.45, 7) is 0. The van der Waals surface area contributed by atoms with E-state index in [1.54, 1.807) is 30.0 Å². The summed E-state index contributed by atoms with van der Waals surface area (Å²) in [7, 11) is -2.43. The summed E-state index contributed by atoms with van der Waals surface area (Å²) in [6, 6.07) is 18.8. The molecule has 0 fully saturated rings. The van der Waals surface area contributed by atoms with E-state index in [1.807, 2.05) is 36.6 Å². The Morgan fingerprint density at radius 3 is 2.34 bits per heavy atom. The van der Waals surface area contributed by atoms with Crippen LogP contribution in [0.15, 0.2) is 76.5 Å². The zero-order chi connectivity index (χ0) is 21.0. The minimum atomic E-state index is -3.64. The number of benzene rings is 3. The van der Waals surface area contributed by atoms with E-state index in [9.17, 15) is 18.3 Å². The van der Waals surface area contributed by atoms with Crippen LogP contribution in [0.1, 0.15) is 15.9 Å². The Labute approximate surface area is 174 Å². The van der Waals surface area contributed by atoms with Crippen molar-refractivity contribution in [3.8, 4) is 16.9 Å². The highest BCUT2D eigenvalue weighted by molar-refractivity contribution is 7.98. The number of rotatable bonds is 6. The quantitative estimate of drug-likeness (QED) is 0.459. The van der Waals surface area contributed by atoms with Gasteiger partial charge in [0.15, 0.2) is 9.84 Å². The molecule has 0 aliphatic heterocycles. The number of ether oxygens (including phenoxy) is 1. The molecule has 0 spiro atoms. The fourth-order valence-corrected chi connectivity index (χ4v) is 4.69. The lowest BCUT2D eigenvalue weighted by atomic mass is 10.1. The highest BCUT2D eigenvalue weighted by atomic mass is 32.2. The van der Waals surface area contributed by atoms with Gasteiger partial charge in [-0.2, -0.15) is 0 Å². The van der Waals surface area contributed by atoms with Crippen molar-refractivity contribution in [2.75, 3.05) is 13.4 Å². The van der Waals surface area contributed by atoms with Crippen LogP contribution in [0.25, 0.3) is 11.1 Å². The molecule has 5 nitrogen and oxygen atoms in total. The Morgan fingerprint density at radius 2 is 1.72 bits per heavy atom. The fraction of sp³-hybridized carbons (Fsp3) is 0.136. The molecule has 1 N–H and O–H groups in total. The number of phenolic OH excluding ortho intramolecular Hbond substituents is 1. The average Bonchev–Trinajstić information content (AvgIpc) is 2.73. The van der Waals surface area contributed by atoms with Crippen molar-refractivity contribution in [3.63, 3.8) is 0 Å². The number of methoxy groups -OCH3 is 1. The van der Waals surface area contributed by atoms with Gasteiger partial charge >= 0.3 is 5.97 Å². The SMILES string of the molecule is COC(=O)c1ccc(CS(=O)(=O)c2cccc(-c3ccc(SC)cc3)c2)cc1O. The summed E-state index contributed by atoms with van der Waals surface area (Å²) >= 11 is 1.64. The Kier molecular flexibility index (Phi) is 6.30. The van der Waals surface area contributed by atoms with Crippen LogP contribution < -0.4 is 0 Å². The number of phenols is 1. The van der Waals surface area contributed by atoms with Crippen molar-refractivity contribution in [3.05, 3.63) is 77.9 Å². The van der Waals surface area contributed by atoms with Crippen molar-refractivity contribution in [2.24, 2.45) is 0 Å². The second kappa shape index (κ2) is 8.71. The molecule has 0 heterocycles. The number of aromatic hydroxyl groups is 1. The molecule has 0 radical (unpaired) electrons. The Balaban J connectivity index is 1.88. The van der Waals surface area contributed by atoms with Crippen molar-refractivity contribution in [1.82, 2.24) is 0 Å². The van der Waals surface area contributed by atoms with Gasteiger partial charge in [-0.3, -0.25) is 0 Å². The third-order valence-corrected chi connectivity index (χ3v) is 6.87. The zero-order valence-corrected chi connectivity index (χ0v) is 17.6. The molecule has 0 amide bonds. The molecule has 0 aromatic heterocycles. The number of carbonyl (C=O) groups is 1. The molecule has 0 saturated carbocycles. The van der Waals surface area contributed by atoms with E-state index in [4.69, 9.17) is 0 Å². The monoisotopic (exact) mass is 428 g/mol. The second-order valence-electron chi connectivity index (χ2n) is 6.36. The van der Waals surface area contributed by atoms with Gasteiger partial charge in [-0.1, -0.05) is 30.3 Å². The Morgan fingerprint density at radius 1 is 1.00 bits per heavy atom. The summed E-state index contributed by atoms with van der Waals surface area (Å²) in [5.74, 6) is -1.29. The van der Waals surface area contributed by atoms with Crippen LogP contribution in [-0.4, -0.2) is 32.9 Å². The standard InChI is InChI=1S/C22H20O5S2/c1-27-22(24)20-11-6-15(12-21(20)23)14-29(25,26)19-5-3-4-17(13-19)16-7-9-18(28-2)10-8-16/h3-13,23H,14H2,1-2H3. The number of sulfone groups is 1. The maximum Gasteiger partial charge on any atom is 0.341 e. The van der Waals surface area contributed by atoms with E-state index in [2.05, 4.69) is 4.74 Å². The summed E-state index contributed by atoms with van der Waals surface area (Å²) in [4.78, 5) is 12.9. The molecule has 0 unspecified atom stereocenters. The minimum absolute atomic E-state index is 0.00988. The Bertz CT molecular complexity index is 1140. The smallest absolute Gasteiger partial charge is 0.341 e. The molecule has 0 aliphatic carbocycles. The van der Waals surface area contributed by atoms with E-state index in [0.29, 0.717) is 5.56 Å². The number of esters is 1. The van der Waals surface area contributed by atoms with Crippen LogP contribution in [-0.2, 0) is 20.3 Å². The first-order chi connectivity index (χ1) is 13.8. The fourth-order valence-electron chi connectivity index (χ4n) is 2.90. The third-order valence-electron chi connectivity index (χ3n) is 4.44. The van der Waals surface area contributed by atoms with Gasteiger partial charge < -0.3 is 9.84 Å². The van der Waals surface area contributed by atoms with Gasteiger partial charge in [-0.15, -0.1) is 11.8 Å². The molecule has 3 aromatic rings. The van der Waals surface area contributed by atoms with Gasteiger partial charge in [-0.05, 0) is 59.3 Å². The largest absolute Gasteiger partial charge is 0.507 e.